The van der Waals surface area contributed by atoms with Gasteiger partial charge in [-0.2, -0.15) is 4.98 Å². The van der Waals surface area contributed by atoms with Crippen LogP contribution in [0.5, 0.6) is 0 Å². The van der Waals surface area contributed by atoms with Gasteiger partial charge in [-0.3, -0.25) is 10.1 Å². The van der Waals surface area contributed by atoms with E-state index in [9.17, 15) is 10.1 Å². The first-order valence-electron chi connectivity index (χ1n) is 5.95. The Hall–Kier alpha value is -3.29. The normalized spacial score (nSPS) is 10.5. The molecule has 3 rings (SSSR count). The molecule has 0 atom stereocenters. The molecule has 3 aromatic rings. The zero-order valence-electron chi connectivity index (χ0n) is 10.6. The lowest BCUT2D eigenvalue weighted by Gasteiger charge is -1.95. The molecule has 2 N–H and O–H groups in total. The van der Waals surface area contributed by atoms with Crippen molar-refractivity contribution < 1.29 is 9.45 Å². The maximum atomic E-state index is 10.8. The van der Waals surface area contributed by atoms with Crippen LogP contribution in [0.4, 0.5) is 11.5 Å². The molecule has 2 heterocycles. The van der Waals surface area contributed by atoms with Crippen molar-refractivity contribution in [2.24, 2.45) is 0 Å². The number of nitrogens with two attached hydrogens (primary N) is 1. The number of nitro benzene ring substituents is 1. The summed E-state index contributed by atoms with van der Waals surface area (Å²) in [6.07, 6.45) is 0. The van der Waals surface area contributed by atoms with Gasteiger partial charge in [0.1, 0.15) is 11.5 Å². The summed E-state index contributed by atoms with van der Waals surface area (Å²) in [6, 6.07) is 11.0. The number of nitrogens with zero attached hydrogens (tertiary/aromatic N) is 4. The zero-order valence-corrected chi connectivity index (χ0v) is 10.6. The van der Waals surface area contributed by atoms with Crippen molar-refractivity contribution in [2.45, 2.75) is 0 Å². The van der Waals surface area contributed by atoms with Crippen LogP contribution >= 0.6 is 0 Å². The molecule has 2 aromatic heterocycles. The van der Waals surface area contributed by atoms with Gasteiger partial charge >= 0.3 is 0 Å². The molecule has 0 aliphatic carbocycles. The SMILES string of the molecule is Nc1cccc(-c2nc(-c3cccc([N+](=O)[O-])c3)no2)n1. The summed E-state index contributed by atoms with van der Waals surface area (Å²) in [5.41, 5.74) is 6.48. The maximum absolute atomic E-state index is 10.8. The van der Waals surface area contributed by atoms with Crippen LogP contribution in [0.3, 0.4) is 0 Å². The highest BCUT2D eigenvalue weighted by atomic mass is 16.6. The molecule has 21 heavy (non-hydrogen) atoms. The second-order valence-corrected chi connectivity index (χ2v) is 4.18. The summed E-state index contributed by atoms with van der Waals surface area (Å²) in [6.45, 7) is 0. The molecule has 0 bridgehead atoms. The predicted molar refractivity (Wildman–Crippen MR) is 74.0 cm³/mol. The van der Waals surface area contributed by atoms with Crippen LogP contribution in [0.25, 0.3) is 23.0 Å². The lowest BCUT2D eigenvalue weighted by molar-refractivity contribution is -0.384. The molecule has 104 valence electrons. The van der Waals surface area contributed by atoms with Crippen LogP contribution in [0.2, 0.25) is 0 Å². The summed E-state index contributed by atoms with van der Waals surface area (Å²) in [5.74, 6) is 0.782. The van der Waals surface area contributed by atoms with Gasteiger partial charge in [0, 0.05) is 17.7 Å². The van der Waals surface area contributed by atoms with Crippen molar-refractivity contribution in [1.82, 2.24) is 15.1 Å². The number of nitro groups is 1. The highest BCUT2D eigenvalue weighted by Crippen LogP contribution is 2.24. The molecule has 0 unspecified atom stereocenters. The Morgan fingerprint density at radius 2 is 1.95 bits per heavy atom. The molecule has 0 saturated carbocycles. The number of hydrogen-bond acceptors (Lipinski definition) is 7. The maximum Gasteiger partial charge on any atom is 0.276 e. The summed E-state index contributed by atoms with van der Waals surface area (Å²) in [7, 11) is 0. The first-order chi connectivity index (χ1) is 10.1. The van der Waals surface area contributed by atoms with E-state index in [4.69, 9.17) is 10.3 Å². The average Bonchev–Trinajstić information content (AvgIpc) is 2.97. The van der Waals surface area contributed by atoms with Crippen LogP contribution < -0.4 is 5.73 Å². The molecular formula is C13H9N5O3. The van der Waals surface area contributed by atoms with Crippen LogP contribution in [0, 0.1) is 10.1 Å². The average molecular weight is 283 g/mol. The first kappa shape index (κ1) is 12.7. The number of benzene rings is 1. The van der Waals surface area contributed by atoms with Crippen LogP contribution in [0.15, 0.2) is 47.0 Å². The minimum absolute atomic E-state index is 0.0408. The molecular weight excluding hydrogens is 274 g/mol. The van der Waals surface area contributed by atoms with Gasteiger partial charge < -0.3 is 10.3 Å². The van der Waals surface area contributed by atoms with Gasteiger partial charge in [0.15, 0.2) is 0 Å². The van der Waals surface area contributed by atoms with E-state index >= 15 is 0 Å². The third kappa shape index (κ3) is 2.54. The monoisotopic (exact) mass is 283 g/mol. The molecule has 0 spiro atoms. The fourth-order valence-corrected chi connectivity index (χ4v) is 1.77. The number of rotatable bonds is 3. The van der Waals surface area contributed by atoms with E-state index in [1.165, 1.54) is 12.1 Å². The molecule has 0 aliphatic heterocycles. The second kappa shape index (κ2) is 5.00. The van der Waals surface area contributed by atoms with Gasteiger partial charge in [0.25, 0.3) is 11.6 Å². The Morgan fingerprint density at radius 1 is 1.14 bits per heavy atom. The summed E-state index contributed by atoms with van der Waals surface area (Å²) >= 11 is 0. The number of hydrogen-bond donors (Lipinski definition) is 1. The third-order valence-electron chi connectivity index (χ3n) is 2.73. The number of pyridine rings is 1. The molecule has 8 heteroatoms. The molecule has 0 saturated heterocycles. The zero-order chi connectivity index (χ0) is 14.8. The van der Waals surface area contributed by atoms with Crippen molar-refractivity contribution in [2.75, 3.05) is 5.73 Å². The van der Waals surface area contributed by atoms with E-state index in [1.54, 1.807) is 30.3 Å². The highest BCUT2D eigenvalue weighted by Gasteiger charge is 2.14. The smallest absolute Gasteiger partial charge is 0.276 e. The quantitative estimate of drug-likeness (QED) is 0.578. The standard InChI is InChI=1S/C13H9N5O3/c14-11-6-2-5-10(15-11)13-16-12(17-21-13)8-3-1-4-9(7-8)18(19)20/h1-7H,(H2,14,15). The fraction of sp³-hybridized carbons (Fsp3) is 0. The van der Waals surface area contributed by atoms with Crippen molar-refractivity contribution in [1.29, 1.82) is 0 Å². The van der Waals surface area contributed by atoms with Gasteiger partial charge in [0.2, 0.25) is 5.82 Å². The van der Waals surface area contributed by atoms with E-state index in [-0.39, 0.29) is 17.4 Å². The highest BCUT2D eigenvalue weighted by molar-refractivity contribution is 5.61. The molecule has 1 aromatic carbocycles. The van der Waals surface area contributed by atoms with E-state index in [1.807, 2.05) is 0 Å². The van der Waals surface area contributed by atoms with E-state index < -0.39 is 4.92 Å². The van der Waals surface area contributed by atoms with Crippen molar-refractivity contribution in [3.63, 3.8) is 0 Å². The van der Waals surface area contributed by atoms with Gasteiger partial charge in [-0.05, 0) is 12.1 Å². The van der Waals surface area contributed by atoms with E-state index in [0.717, 1.165) is 0 Å². The largest absolute Gasteiger partial charge is 0.384 e. The first-order valence-corrected chi connectivity index (χ1v) is 5.95. The van der Waals surface area contributed by atoms with Crippen LogP contribution in [0.1, 0.15) is 0 Å². The van der Waals surface area contributed by atoms with Crippen molar-refractivity contribution in [3.8, 4) is 23.0 Å². The number of anilines is 1. The van der Waals surface area contributed by atoms with E-state index in [0.29, 0.717) is 17.1 Å². The van der Waals surface area contributed by atoms with Gasteiger partial charge in [-0.1, -0.05) is 23.4 Å². The Labute approximate surface area is 118 Å². The molecule has 0 radical (unpaired) electrons. The Morgan fingerprint density at radius 3 is 2.71 bits per heavy atom. The molecule has 0 aliphatic rings. The topological polar surface area (TPSA) is 121 Å². The predicted octanol–water partition coefficient (Wildman–Crippen LogP) is 2.29. The van der Waals surface area contributed by atoms with Crippen LogP contribution in [-0.4, -0.2) is 20.0 Å². The van der Waals surface area contributed by atoms with Gasteiger partial charge in [-0.25, -0.2) is 4.98 Å². The van der Waals surface area contributed by atoms with Crippen molar-refractivity contribution >= 4 is 11.5 Å². The lowest BCUT2D eigenvalue weighted by Crippen LogP contribution is -1.91. The minimum Gasteiger partial charge on any atom is -0.384 e. The Kier molecular flexibility index (Phi) is 3.03. The number of nitrogen functional groups attached to an aromatic ring is 1. The number of aromatic nitrogens is 3. The van der Waals surface area contributed by atoms with Crippen LogP contribution in [-0.2, 0) is 0 Å². The minimum atomic E-state index is -0.482. The van der Waals surface area contributed by atoms with Gasteiger partial charge in [-0.15, -0.1) is 0 Å². The molecule has 8 nitrogen and oxygen atoms in total. The van der Waals surface area contributed by atoms with E-state index in [2.05, 4.69) is 15.1 Å². The lowest BCUT2D eigenvalue weighted by atomic mass is 10.2. The van der Waals surface area contributed by atoms with Gasteiger partial charge in [0.05, 0.1) is 4.92 Å². The van der Waals surface area contributed by atoms with Crippen molar-refractivity contribution in [3.05, 3.63) is 52.6 Å². The summed E-state index contributed by atoms with van der Waals surface area (Å²) < 4.78 is 5.11. The number of non-ortho nitro benzene ring substituents is 1. The molecule has 0 fully saturated rings. The summed E-state index contributed by atoms with van der Waals surface area (Å²) in [4.78, 5) is 18.5. The Balaban J connectivity index is 1.98. The second-order valence-electron chi connectivity index (χ2n) is 4.18. The molecule has 0 amide bonds. The third-order valence-corrected chi connectivity index (χ3v) is 2.73. The fourth-order valence-electron chi connectivity index (χ4n) is 1.77. The Bertz CT molecular complexity index is 815. The summed E-state index contributed by atoms with van der Waals surface area (Å²) in [5, 5.41) is 14.6.